The first-order valence-electron chi connectivity index (χ1n) is 9.46. The lowest BCUT2D eigenvalue weighted by Crippen LogP contribution is -2.29. The van der Waals surface area contributed by atoms with Crippen LogP contribution in [0.5, 0.6) is 5.75 Å². The SMILES string of the molecule is O=S(=O)(c1cccc(C(F)(F)F)c1)N1CCc2ccc(COc3c(F)cccc3Cl)cc21. The van der Waals surface area contributed by atoms with E-state index in [1.165, 1.54) is 18.2 Å². The van der Waals surface area contributed by atoms with Gasteiger partial charge >= 0.3 is 6.18 Å². The standard InChI is InChI=1S/C22H16ClF4NO3S/c23-18-5-2-6-19(24)21(18)31-13-14-7-8-15-9-10-28(20(15)11-14)32(29,30)17-4-1-3-16(12-17)22(25,26)27/h1-8,11-12H,9-10,13H2. The second-order valence-electron chi connectivity index (χ2n) is 7.16. The molecule has 0 N–H and O–H groups in total. The Morgan fingerprint density at radius 2 is 1.78 bits per heavy atom. The maximum absolute atomic E-state index is 13.9. The lowest BCUT2D eigenvalue weighted by Gasteiger charge is -2.21. The van der Waals surface area contributed by atoms with E-state index in [4.69, 9.17) is 16.3 Å². The Hall–Kier alpha value is -2.78. The quantitative estimate of drug-likeness (QED) is 0.427. The number of anilines is 1. The second-order valence-corrected chi connectivity index (χ2v) is 9.42. The maximum Gasteiger partial charge on any atom is 0.416 e. The van der Waals surface area contributed by atoms with Gasteiger partial charge in [0.05, 0.1) is 21.2 Å². The van der Waals surface area contributed by atoms with Gasteiger partial charge in [0, 0.05) is 6.54 Å². The Bertz CT molecular complexity index is 1260. The summed E-state index contributed by atoms with van der Waals surface area (Å²) in [5.74, 6) is -0.754. The Labute approximate surface area is 187 Å². The lowest BCUT2D eigenvalue weighted by molar-refractivity contribution is -0.137. The number of para-hydroxylation sites is 1. The van der Waals surface area contributed by atoms with E-state index in [-0.39, 0.29) is 23.9 Å². The smallest absolute Gasteiger partial charge is 0.416 e. The van der Waals surface area contributed by atoms with Crippen LogP contribution >= 0.6 is 11.6 Å². The summed E-state index contributed by atoms with van der Waals surface area (Å²) in [5.41, 5.74) is 0.590. The van der Waals surface area contributed by atoms with E-state index in [2.05, 4.69) is 0 Å². The lowest BCUT2D eigenvalue weighted by atomic mass is 10.1. The first kappa shape index (κ1) is 22.4. The zero-order valence-corrected chi connectivity index (χ0v) is 17.9. The molecule has 0 aliphatic carbocycles. The van der Waals surface area contributed by atoms with Crippen molar-refractivity contribution in [3.05, 3.63) is 88.2 Å². The second kappa shape index (κ2) is 8.29. The van der Waals surface area contributed by atoms with Gasteiger partial charge in [-0.2, -0.15) is 13.2 Å². The summed E-state index contributed by atoms with van der Waals surface area (Å²) in [5, 5.41) is 0.0971. The molecular formula is C22H16ClF4NO3S. The Morgan fingerprint density at radius 3 is 2.50 bits per heavy atom. The molecule has 3 aromatic rings. The molecule has 3 aromatic carbocycles. The van der Waals surface area contributed by atoms with E-state index in [0.717, 1.165) is 28.1 Å². The van der Waals surface area contributed by atoms with Gasteiger partial charge in [0.25, 0.3) is 10.0 Å². The number of hydrogen-bond donors (Lipinski definition) is 0. The van der Waals surface area contributed by atoms with E-state index in [1.807, 2.05) is 0 Å². The van der Waals surface area contributed by atoms with Crippen LogP contribution in [0.3, 0.4) is 0 Å². The van der Waals surface area contributed by atoms with Gasteiger partial charge in [0.1, 0.15) is 6.61 Å². The predicted octanol–water partition coefficient (Wildman–Crippen LogP) is 5.83. The highest BCUT2D eigenvalue weighted by molar-refractivity contribution is 7.92. The van der Waals surface area contributed by atoms with Crippen molar-refractivity contribution in [3.63, 3.8) is 0 Å². The van der Waals surface area contributed by atoms with Crippen molar-refractivity contribution >= 4 is 27.3 Å². The number of benzene rings is 3. The predicted molar refractivity (Wildman–Crippen MR) is 112 cm³/mol. The number of halogens is 5. The maximum atomic E-state index is 13.9. The van der Waals surface area contributed by atoms with Crippen molar-refractivity contribution in [1.29, 1.82) is 0 Å². The average molecular weight is 486 g/mol. The van der Waals surface area contributed by atoms with E-state index < -0.39 is 32.5 Å². The molecule has 0 atom stereocenters. The van der Waals surface area contributed by atoms with Crippen LogP contribution < -0.4 is 9.04 Å². The van der Waals surface area contributed by atoms with Crippen LogP contribution in [-0.2, 0) is 29.2 Å². The van der Waals surface area contributed by atoms with Crippen molar-refractivity contribution in [2.75, 3.05) is 10.8 Å². The summed E-state index contributed by atoms with van der Waals surface area (Å²) in [6.45, 7) is 0.0166. The fourth-order valence-electron chi connectivity index (χ4n) is 3.47. The Balaban J connectivity index is 1.62. The van der Waals surface area contributed by atoms with Crippen molar-refractivity contribution in [1.82, 2.24) is 0 Å². The fourth-order valence-corrected chi connectivity index (χ4v) is 5.23. The molecule has 0 aromatic heterocycles. The Morgan fingerprint density at radius 1 is 1.03 bits per heavy atom. The molecule has 4 rings (SSSR count). The van der Waals surface area contributed by atoms with Crippen LogP contribution in [-0.4, -0.2) is 15.0 Å². The zero-order valence-electron chi connectivity index (χ0n) is 16.4. The van der Waals surface area contributed by atoms with Crippen molar-refractivity contribution in [2.24, 2.45) is 0 Å². The van der Waals surface area contributed by atoms with Crippen molar-refractivity contribution < 1.29 is 30.7 Å². The summed E-state index contributed by atoms with van der Waals surface area (Å²) in [6, 6.07) is 12.8. The molecule has 1 aliphatic rings. The highest BCUT2D eigenvalue weighted by atomic mass is 35.5. The number of rotatable bonds is 5. The third kappa shape index (κ3) is 4.27. The van der Waals surface area contributed by atoms with Crippen LogP contribution in [0.2, 0.25) is 5.02 Å². The van der Waals surface area contributed by atoms with Crippen LogP contribution in [0.4, 0.5) is 23.2 Å². The number of nitrogens with zero attached hydrogens (tertiary/aromatic N) is 1. The monoisotopic (exact) mass is 485 g/mol. The van der Waals surface area contributed by atoms with Crippen LogP contribution in [0.1, 0.15) is 16.7 Å². The van der Waals surface area contributed by atoms with Gasteiger partial charge in [-0.25, -0.2) is 12.8 Å². The fraction of sp³-hybridized carbons (Fsp3) is 0.182. The number of sulfonamides is 1. The third-order valence-electron chi connectivity index (χ3n) is 5.05. The number of alkyl halides is 3. The minimum absolute atomic E-state index is 0.0780. The van der Waals surface area contributed by atoms with Gasteiger partial charge in [-0.05, 0) is 53.9 Å². The van der Waals surface area contributed by atoms with Crippen molar-refractivity contribution in [3.8, 4) is 5.75 Å². The Kier molecular flexibility index (Phi) is 5.81. The van der Waals surface area contributed by atoms with Gasteiger partial charge < -0.3 is 4.74 Å². The molecule has 0 saturated heterocycles. The largest absolute Gasteiger partial charge is 0.484 e. The molecule has 1 aliphatic heterocycles. The zero-order chi connectivity index (χ0) is 23.1. The highest BCUT2D eigenvalue weighted by Crippen LogP contribution is 2.36. The average Bonchev–Trinajstić information content (AvgIpc) is 3.17. The molecule has 0 unspecified atom stereocenters. The van der Waals surface area contributed by atoms with E-state index >= 15 is 0 Å². The molecule has 0 fully saturated rings. The van der Waals surface area contributed by atoms with Gasteiger partial charge in [0.15, 0.2) is 11.6 Å². The summed E-state index contributed by atoms with van der Waals surface area (Å²) >= 11 is 5.95. The molecular weight excluding hydrogens is 470 g/mol. The minimum Gasteiger partial charge on any atom is -0.484 e. The molecule has 10 heteroatoms. The molecule has 0 amide bonds. The molecule has 168 valence electrons. The van der Waals surface area contributed by atoms with Gasteiger partial charge in [-0.15, -0.1) is 0 Å². The molecule has 4 nitrogen and oxygen atoms in total. The number of fused-ring (bicyclic) bond motifs is 1. The number of ether oxygens (including phenoxy) is 1. The van der Waals surface area contributed by atoms with Crippen molar-refractivity contribution in [2.45, 2.75) is 24.1 Å². The first-order chi connectivity index (χ1) is 15.1. The third-order valence-corrected chi connectivity index (χ3v) is 7.16. The van der Waals surface area contributed by atoms with Gasteiger partial charge in [-0.3, -0.25) is 4.31 Å². The molecule has 0 saturated carbocycles. The highest BCUT2D eigenvalue weighted by Gasteiger charge is 2.35. The molecule has 0 radical (unpaired) electrons. The van der Waals surface area contributed by atoms with E-state index in [1.54, 1.807) is 18.2 Å². The van der Waals surface area contributed by atoms with Gasteiger partial charge in [0.2, 0.25) is 0 Å². The van der Waals surface area contributed by atoms with E-state index in [0.29, 0.717) is 23.7 Å². The molecule has 32 heavy (non-hydrogen) atoms. The summed E-state index contributed by atoms with van der Waals surface area (Å²) in [6.07, 6.45) is -4.25. The topological polar surface area (TPSA) is 46.6 Å². The first-order valence-corrected chi connectivity index (χ1v) is 11.3. The molecule has 1 heterocycles. The minimum atomic E-state index is -4.66. The normalized spacial score (nSPS) is 13.8. The van der Waals surface area contributed by atoms with Crippen LogP contribution in [0.15, 0.2) is 65.6 Å². The molecule has 0 spiro atoms. The summed E-state index contributed by atoms with van der Waals surface area (Å²) in [7, 11) is -4.22. The summed E-state index contributed by atoms with van der Waals surface area (Å²) in [4.78, 5) is -0.444. The van der Waals surface area contributed by atoms with E-state index in [9.17, 15) is 26.0 Å². The van der Waals surface area contributed by atoms with Crippen LogP contribution in [0.25, 0.3) is 0 Å². The van der Waals surface area contributed by atoms with Gasteiger partial charge in [-0.1, -0.05) is 35.9 Å². The van der Waals surface area contributed by atoms with Crippen LogP contribution in [0, 0.1) is 5.82 Å². The number of hydrogen-bond acceptors (Lipinski definition) is 3. The summed E-state index contributed by atoms with van der Waals surface area (Å²) < 4.78 is 85.8. The molecule has 0 bridgehead atoms.